The van der Waals surface area contributed by atoms with Gasteiger partial charge in [-0.15, -0.1) is 0 Å². The highest BCUT2D eigenvalue weighted by Gasteiger charge is 2.66. The molecule has 1 saturated heterocycles. The minimum absolute atomic E-state index is 0.000180. The third-order valence-electron chi connectivity index (χ3n) is 6.55. The van der Waals surface area contributed by atoms with Gasteiger partial charge in [-0.1, -0.05) is 6.07 Å². The maximum Gasteiger partial charge on any atom is 0.179 e. The highest BCUT2D eigenvalue weighted by Crippen LogP contribution is 2.59. The van der Waals surface area contributed by atoms with E-state index in [9.17, 15) is 10.1 Å². The number of carbonyl (C=O) groups is 1. The molecule has 4 rings (SSSR count). The number of rotatable bonds is 3. The van der Waals surface area contributed by atoms with E-state index in [1.165, 1.54) is 11.1 Å². The van der Waals surface area contributed by atoms with Gasteiger partial charge in [-0.3, -0.25) is 4.79 Å². The normalized spacial score (nSPS) is 33.2. The SMILES string of the molecule is CCOC12CCC(=O)C[C@@]13CCN(C#N)[C@@H]2Cc1ccc(OC)cc13. The fourth-order valence-corrected chi connectivity index (χ4v) is 5.57. The van der Waals surface area contributed by atoms with Gasteiger partial charge < -0.3 is 14.4 Å². The molecule has 2 bridgehead atoms. The van der Waals surface area contributed by atoms with E-state index in [4.69, 9.17) is 9.47 Å². The second-order valence-corrected chi connectivity index (χ2v) is 7.41. The molecule has 1 aromatic carbocycles. The van der Waals surface area contributed by atoms with Gasteiger partial charge in [-0.05, 0) is 49.4 Å². The Morgan fingerprint density at radius 3 is 2.96 bits per heavy atom. The van der Waals surface area contributed by atoms with Gasteiger partial charge in [0.1, 0.15) is 17.1 Å². The molecule has 1 saturated carbocycles. The Hall–Kier alpha value is -2.06. The lowest BCUT2D eigenvalue weighted by Crippen LogP contribution is -2.73. The molecule has 2 aliphatic carbocycles. The number of hydrogen-bond donors (Lipinski definition) is 0. The van der Waals surface area contributed by atoms with Gasteiger partial charge in [-0.25, -0.2) is 0 Å². The van der Waals surface area contributed by atoms with E-state index in [0.717, 1.165) is 18.6 Å². The van der Waals surface area contributed by atoms with Crippen molar-refractivity contribution in [1.29, 1.82) is 5.26 Å². The maximum atomic E-state index is 12.5. The average molecular weight is 340 g/mol. The van der Waals surface area contributed by atoms with Gasteiger partial charge in [0.05, 0.1) is 13.2 Å². The largest absolute Gasteiger partial charge is 0.497 e. The minimum Gasteiger partial charge on any atom is -0.497 e. The summed E-state index contributed by atoms with van der Waals surface area (Å²) in [5, 5.41) is 9.69. The number of Topliss-reactive ketones (excluding diaryl/α,β-unsaturated/α-hetero) is 1. The van der Waals surface area contributed by atoms with Crippen LogP contribution < -0.4 is 4.74 Å². The molecule has 5 heteroatoms. The second kappa shape index (κ2) is 5.74. The van der Waals surface area contributed by atoms with Crippen LogP contribution in [0.25, 0.3) is 0 Å². The molecule has 1 heterocycles. The molecular weight excluding hydrogens is 316 g/mol. The van der Waals surface area contributed by atoms with Gasteiger partial charge in [0.15, 0.2) is 6.19 Å². The zero-order valence-electron chi connectivity index (χ0n) is 14.9. The molecule has 0 amide bonds. The van der Waals surface area contributed by atoms with E-state index in [2.05, 4.69) is 18.3 Å². The highest BCUT2D eigenvalue weighted by atomic mass is 16.5. The summed E-state index contributed by atoms with van der Waals surface area (Å²) in [6.45, 7) is 3.28. The van der Waals surface area contributed by atoms with E-state index >= 15 is 0 Å². The molecule has 0 N–H and O–H groups in total. The summed E-state index contributed by atoms with van der Waals surface area (Å²) in [4.78, 5) is 14.4. The fraction of sp³-hybridized carbons (Fsp3) is 0.600. The molecular formula is C20H24N2O3. The Morgan fingerprint density at radius 2 is 2.24 bits per heavy atom. The van der Waals surface area contributed by atoms with E-state index in [1.807, 2.05) is 17.9 Å². The Morgan fingerprint density at radius 1 is 1.40 bits per heavy atom. The standard InChI is InChI=1S/C20H24N2O3/c1-3-25-20-7-6-15(23)12-19(20)8-9-22(13-21)18(20)10-14-4-5-16(24-2)11-17(14)19/h4-5,11,18H,3,6-10,12H2,1-2H3/t18-,19-,20?/m1/s1. The van der Waals surface area contributed by atoms with Crippen molar-refractivity contribution in [3.8, 4) is 11.9 Å². The average Bonchev–Trinajstić information content (AvgIpc) is 2.62. The lowest BCUT2D eigenvalue weighted by molar-refractivity contribution is -0.189. The predicted octanol–water partition coefficient (Wildman–Crippen LogP) is 2.57. The number of nitriles is 1. The number of fused-ring (bicyclic) bond motifs is 1. The third-order valence-corrected chi connectivity index (χ3v) is 6.55. The molecule has 3 aliphatic rings. The van der Waals surface area contributed by atoms with Crippen LogP contribution in [0.4, 0.5) is 0 Å². The Labute approximate surface area is 148 Å². The lowest BCUT2D eigenvalue weighted by atomic mass is 9.49. The number of piperidine rings is 1. The third kappa shape index (κ3) is 2.07. The molecule has 1 unspecified atom stereocenters. The monoisotopic (exact) mass is 340 g/mol. The zero-order chi connectivity index (χ0) is 17.7. The molecule has 3 atom stereocenters. The van der Waals surface area contributed by atoms with Crippen LogP contribution in [0.2, 0.25) is 0 Å². The van der Waals surface area contributed by atoms with Crippen molar-refractivity contribution in [2.24, 2.45) is 0 Å². The number of carbonyl (C=O) groups excluding carboxylic acids is 1. The van der Waals surface area contributed by atoms with Crippen molar-refractivity contribution >= 4 is 5.78 Å². The molecule has 0 radical (unpaired) electrons. The topological polar surface area (TPSA) is 62.6 Å². The maximum absolute atomic E-state index is 12.5. The number of hydrogen-bond acceptors (Lipinski definition) is 5. The molecule has 132 valence electrons. The van der Waals surface area contributed by atoms with Crippen LogP contribution in [0.3, 0.4) is 0 Å². The number of ether oxygens (including phenoxy) is 2. The van der Waals surface area contributed by atoms with Gasteiger partial charge >= 0.3 is 0 Å². The first-order valence-electron chi connectivity index (χ1n) is 9.09. The van der Waals surface area contributed by atoms with Crippen LogP contribution in [0, 0.1) is 11.5 Å². The van der Waals surface area contributed by atoms with Gasteiger partial charge in [-0.2, -0.15) is 5.26 Å². The van der Waals surface area contributed by atoms with E-state index in [-0.39, 0.29) is 11.5 Å². The Kier molecular flexibility index (Phi) is 3.77. The highest BCUT2D eigenvalue weighted by molar-refractivity contribution is 5.82. The van der Waals surface area contributed by atoms with Crippen molar-refractivity contribution in [1.82, 2.24) is 4.90 Å². The first-order valence-corrected chi connectivity index (χ1v) is 9.09. The van der Waals surface area contributed by atoms with Crippen molar-refractivity contribution in [3.05, 3.63) is 29.3 Å². The summed E-state index contributed by atoms with van der Waals surface area (Å²) < 4.78 is 11.9. The van der Waals surface area contributed by atoms with Crippen LogP contribution in [-0.2, 0) is 21.4 Å². The molecule has 0 aromatic heterocycles. The second-order valence-electron chi connectivity index (χ2n) is 7.41. The zero-order valence-corrected chi connectivity index (χ0v) is 14.9. The Balaban J connectivity index is 1.97. The molecule has 1 aliphatic heterocycles. The van der Waals surface area contributed by atoms with Crippen molar-refractivity contribution < 1.29 is 14.3 Å². The van der Waals surface area contributed by atoms with Gasteiger partial charge in [0, 0.05) is 31.4 Å². The van der Waals surface area contributed by atoms with Crippen LogP contribution in [0.5, 0.6) is 5.75 Å². The molecule has 5 nitrogen and oxygen atoms in total. The van der Waals surface area contributed by atoms with E-state index < -0.39 is 5.60 Å². The minimum atomic E-state index is -0.469. The number of ketones is 1. The summed E-state index contributed by atoms with van der Waals surface area (Å²) >= 11 is 0. The molecule has 0 spiro atoms. The molecule has 1 aromatic rings. The Bertz CT molecular complexity index is 756. The summed E-state index contributed by atoms with van der Waals surface area (Å²) in [6.07, 6.45) is 5.66. The van der Waals surface area contributed by atoms with Crippen molar-refractivity contribution in [2.45, 2.75) is 56.1 Å². The summed E-state index contributed by atoms with van der Waals surface area (Å²) in [5.41, 5.74) is 1.60. The van der Waals surface area contributed by atoms with Gasteiger partial charge in [0.2, 0.25) is 0 Å². The van der Waals surface area contributed by atoms with Crippen LogP contribution >= 0.6 is 0 Å². The van der Waals surface area contributed by atoms with E-state index in [1.54, 1.807) is 7.11 Å². The lowest BCUT2D eigenvalue weighted by Gasteiger charge is -2.64. The number of nitrogens with zero attached hydrogens (tertiary/aromatic N) is 2. The van der Waals surface area contributed by atoms with E-state index in [0.29, 0.717) is 38.2 Å². The number of likely N-dealkylation sites (tertiary alicyclic amines) is 1. The van der Waals surface area contributed by atoms with Crippen LogP contribution in [0.1, 0.15) is 43.7 Å². The summed E-state index contributed by atoms with van der Waals surface area (Å²) in [6, 6.07) is 6.17. The van der Waals surface area contributed by atoms with Crippen molar-refractivity contribution in [2.75, 3.05) is 20.3 Å². The summed E-state index contributed by atoms with van der Waals surface area (Å²) in [7, 11) is 1.67. The smallest absolute Gasteiger partial charge is 0.179 e. The van der Waals surface area contributed by atoms with Gasteiger partial charge in [0.25, 0.3) is 0 Å². The number of benzene rings is 1. The first kappa shape index (κ1) is 16.4. The first-order chi connectivity index (χ1) is 12.1. The number of methoxy groups -OCH3 is 1. The molecule has 25 heavy (non-hydrogen) atoms. The van der Waals surface area contributed by atoms with Crippen molar-refractivity contribution in [3.63, 3.8) is 0 Å². The quantitative estimate of drug-likeness (QED) is 0.792. The molecule has 2 fully saturated rings. The predicted molar refractivity (Wildman–Crippen MR) is 92.3 cm³/mol. The van der Waals surface area contributed by atoms with Crippen LogP contribution in [0.15, 0.2) is 18.2 Å². The fourth-order valence-electron chi connectivity index (χ4n) is 5.57. The van der Waals surface area contributed by atoms with Crippen LogP contribution in [-0.4, -0.2) is 42.6 Å². The summed E-state index contributed by atoms with van der Waals surface area (Å²) in [5.74, 6) is 1.12.